The number of piperidine rings is 1. The SMILES string of the molecule is Cc1ccc(C)c(OCCN2CCC(C(=O)N3CCOCC3)CC2)c1. The summed E-state index contributed by atoms with van der Waals surface area (Å²) in [5.41, 5.74) is 2.41. The largest absolute Gasteiger partial charge is 0.492 e. The Morgan fingerprint density at radius 1 is 1.16 bits per heavy atom. The quantitative estimate of drug-likeness (QED) is 0.820. The number of hydrogen-bond acceptors (Lipinski definition) is 4. The summed E-state index contributed by atoms with van der Waals surface area (Å²) in [5, 5.41) is 0. The summed E-state index contributed by atoms with van der Waals surface area (Å²) in [6, 6.07) is 6.31. The molecule has 1 aromatic carbocycles. The Bertz CT molecular complexity index is 576. The van der Waals surface area contributed by atoms with Crippen LogP contribution in [0.25, 0.3) is 0 Å². The molecule has 2 heterocycles. The lowest BCUT2D eigenvalue weighted by molar-refractivity contribution is -0.141. The van der Waals surface area contributed by atoms with Crippen LogP contribution in [0.4, 0.5) is 0 Å². The third kappa shape index (κ3) is 4.95. The maximum atomic E-state index is 12.6. The van der Waals surface area contributed by atoms with Crippen molar-refractivity contribution in [3.05, 3.63) is 29.3 Å². The van der Waals surface area contributed by atoms with E-state index in [1.165, 1.54) is 11.1 Å². The third-order valence-electron chi connectivity index (χ3n) is 5.27. The molecule has 0 spiro atoms. The average Bonchev–Trinajstić information content (AvgIpc) is 2.65. The molecular weight excluding hydrogens is 316 g/mol. The van der Waals surface area contributed by atoms with Crippen molar-refractivity contribution < 1.29 is 14.3 Å². The summed E-state index contributed by atoms with van der Waals surface area (Å²) in [7, 11) is 0. The first-order valence-corrected chi connectivity index (χ1v) is 9.42. The molecule has 0 saturated carbocycles. The molecular formula is C20H30N2O3. The van der Waals surface area contributed by atoms with Crippen LogP contribution in [0, 0.1) is 19.8 Å². The minimum Gasteiger partial charge on any atom is -0.492 e. The maximum absolute atomic E-state index is 12.6. The van der Waals surface area contributed by atoms with Crippen LogP contribution in [0.15, 0.2) is 18.2 Å². The van der Waals surface area contributed by atoms with Gasteiger partial charge in [-0.15, -0.1) is 0 Å². The van der Waals surface area contributed by atoms with Crippen LogP contribution in [-0.4, -0.2) is 68.3 Å². The summed E-state index contributed by atoms with van der Waals surface area (Å²) < 4.78 is 11.3. The van der Waals surface area contributed by atoms with Crippen LogP contribution in [0.3, 0.4) is 0 Å². The van der Waals surface area contributed by atoms with Crippen LogP contribution in [0.5, 0.6) is 5.75 Å². The minimum absolute atomic E-state index is 0.189. The topological polar surface area (TPSA) is 42.0 Å². The number of amides is 1. The van der Waals surface area contributed by atoms with Crippen molar-refractivity contribution >= 4 is 5.91 Å². The molecule has 2 aliphatic rings. The molecule has 3 rings (SSSR count). The Balaban J connectivity index is 1.39. The highest BCUT2D eigenvalue weighted by atomic mass is 16.5. The number of aryl methyl sites for hydroxylation is 2. The van der Waals surface area contributed by atoms with Gasteiger partial charge in [0.25, 0.3) is 0 Å². The van der Waals surface area contributed by atoms with Gasteiger partial charge in [0.1, 0.15) is 12.4 Å². The molecule has 0 radical (unpaired) electrons. The van der Waals surface area contributed by atoms with Crippen LogP contribution in [0.2, 0.25) is 0 Å². The highest BCUT2D eigenvalue weighted by Crippen LogP contribution is 2.21. The monoisotopic (exact) mass is 346 g/mol. The van der Waals surface area contributed by atoms with E-state index in [4.69, 9.17) is 9.47 Å². The van der Waals surface area contributed by atoms with Crippen molar-refractivity contribution in [1.29, 1.82) is 0 Å². The van der Waals surface area contributed by atoms with Gasteiger partial charge >= 0.3 is 0 Å². The van der Waals surface area contributed by atoms with E-state index in [0.717, 1.165) is 51.3 Å². The van der Waals surface area contributed by atoms with E-state index < -0.39 is 0 Å². The molecule has 0 unspecified atom stereocenters. The zero-order valence-corrected chi connectivity index (χ0v) is 15.5. The second-order valence-electron chi connectivity index (χ2n) is 7.17. The lowest BCUT2D eigenvalue weighted by atomic mass is 9.95. The standard InChI is InChI=1S/C20H30N2O3/c1-16-3-4-17(2)19(15-16)25-14-9-21-7-5-18(6-8-21)20(23)22-10-12-24-13-11-22/h3-4,15,18H,5-14H2,1-2H3. The molecule has 0 atom stereocenters. The van der Waals surface area contributed by atoms with Crippen LogP contribution in [-0.2, 0) is 9.53 Å². The summed E-state index contributed by atoms with van der Waals surface area (Å²) in [4.78, 5) is 16.9. The number of hydrogen-bond donors (Lipinski definition) is 0. The highest BCUT2D eigenvalue weighted by Gasteiger charge is 2.29. The Hall–Kier alpha value is -1.59. The van der Waals surface area contributed by atoms with Gasteiger partial charge < -0.3 is 14.4 Å². The fraction of sp³-hybridized carbons (Fsp3) is 0.650. The predicted molar refractivity (Wildman–Crippen MR) is 98.0 cm³/mol. The molecule has 0 bridgehead atoms. The zero-order valence-electron chi connectivity index (χ0n) is 15.5. The molecule has 5 heteroatoms. The first kappa shape index (κ1) is 18.2. The van der Waals surface area contributed by atoms with E-state index in [2.05, 4.69) is 36.9 Å². The summed E-state index contributed by atoms with van der Waals surface area (Å²) in [5.74, 6) is 1.50. The van der Waals surface area contributed by atoms with Crippen LogP contribution >= 0.6 is 0 Å². The van der Waals surface area contributed by atoms with Gasteiger partial charge in [0.05, 0.1) is 13.2 Å². The Labute approximate surface area is 150 Å². The van der Waals surface area contributed by atoms with E-state index in [1.54, 1.807) is 0 Å². The molecule has 0 aliphatic carbocycles. The van der Waals surface area contributed by atoms with Gasteiger partial charge in [0.2, 0.25) is 5.91 Å². The highest BCUT2D eigenvalue weighted by molar-refractivity contribution is 5.79. The Morgan fingerprint density at radius 2 is 1.88 bits per heavy atom. The lowest BCUT2D eigenvalue weighted by Gasteiger charge is -2.35. The summed E-state index contributed by atoms with van der Waals surface area (Å²) in [6.07, 6.45) is 1.92. The van der Waals surface area contributed by atoms with Gasteiger partial charge in [-0.1, -0.05) is 12.1 Å². The molecule has 0 N–H and O–H groups in total. The number of nitrogens with zero attached hydrogens (tertiary/aromatic N) is 2. The number of benzene rings is 1. The number of morpholine rings is 1. The van der Waals surface area contributed by atoms with E-state index in [9.17, 15) is 4.79 Å². The van der Waals surface area contributed by atoms with Crippen molar-refractivity contribution in [3.63, 3.8) is 0 Å². The number of carbonyl (C=O) groups excluding carboxylic acids is 1. The van der Waals surface area contributed by atoms with Crippen molar-refractivity contribution in [1.82, 2.24) is 9.80 Å². The Morgan fingerprint density at radius 3 is 2.60 bits per heavy atom. The Kier molecular flexibility index (Phi) is 6.32. The van der Waals surface area contributed by atoms with Gasteiger partial charge in [-0.05, 0) is 57.0 Å². The fourth-order valence-electron chi connectivity index (χ4n) is 3.59. The van der Waals surface area contributed by atoms with Crippen molar-refractivity contribution in [2.45, 2.75) is 26.7 Å². The lowest BCUT2D eigenvalue weighted by Crippen LogP contribution is -2.47. The third-order valence-corrected chi connectivity index (χ3v) is 5.27. The second kappa shape index (κ2) is 8.68. The average molecular weight is 346 g/mol. The molecule has 2 aliphatic heterocycles. The minimum atomic E-state index is 0.189. The van der Waals surface area contributed by atoms with Crippen molar-refractivity contribution in [2.24, 2.45) is 5.92 Å². The van der Waals surface area contributed by atoms with Gasteiger partial charge in [-0.3, -0.25) is 9.69 Å². The number of carbonyl (C=O) groups is 1. The first-order chi connectivity index (χ1) is 12.1. The number of rotatable bonds is 5. The first-order valence-electron chi connectivity index (χ1n) is 9.42. The summed E-state index contributed by atoms with van der Waals surface area (Å²) in [6.45, 7) is 10.6. The normalized spacial score (nSPS) is 19.8. The molecule has 138 valence electrons. The van der Waals surface area contributed by atoms with Gasteiger partial charge in [0.15, 0.2) is 0 Å². The summed E-state index contributed by atoms with van der Waals surface area (Å²) >= 11 is 0. The van der Waals surface area contributed by atoms with Crippen LogP contribution < -0.4 is 4.74 Å². The second-order valence-corrected chi connectivity index (χ2v) is 7.17. The van der Waals surface area contributed by atoms with E-state index in [0.29, 0.717) is 25.7 Å². The molecule has 1 aromatic rings. The molecule has 1 amide bonds. The number of ether oxygens (including phenoxy) is 2. The molecule has 0 aromatic heterocycles. The van der Waals surface area contributed by atoms with Gasteiger partial charge in [-0.25, -0.2) is 0 Å². The van der Waals surface area contributed by atoms with Crippen molar-refractivity contribution in [2.75, 3.05) is 52.5 Å². The smallest absolute Gasteiger partial charge is 0.225 e. The number of likely N-dealkylation sites (tertiary alicyclic amines) is 1. The van der Waals surface area contributed by atoms with Crippen molar-refractivity contribution in [3.8, 4) is 5.75 Å². The maximum Gasteiger partial charge on any atom is 0.225 e. The molecule has 5 nitrogen and oxygen atoms in total. The molecule has 2 saturated heterocycles. The van der Waals surface area contributed by atoms with Gasteiger partial charge in [0, 0.05) is 25.6 Å². The molecule has 2 fully saturated rings. The van der Waals surface area contributed by atoms with Gasteiger partial charge in [-0.2, -0.15) is 0 Å². The zero-order chi connectivity index (χ0) is 17.6. The van der Waals surface area contributed by atoms with E-state index in [-0.39, 0.29) is 5.92 Å². The van der Waals surface area contributed by atoms with Crippen LogP contribution in [0.1, 0.15) is 24.0 Å². The van der Waals surface area contributed by atoms with E-state index >= 15 is 0 Å². The predicted octanol–water partition coefficient (Wildman–Crippen LogP) is 2.25. The molecule has 25 heavy (non-hydrogen) atoms. The fourth-order valence-corrected chi connectivity index (χ4v) is 3.59. The van der Waals surface area contributed by atoms with E-state index in [1.807, 2.05) is 4.90 Å².